The Morgan fingerprint density at radius 1 is 1.27 bits per heavy atom. The van der Waals surface area contributed by atoms with Crippen LogP contribution in [0.4, 0.5) is 5.69 Å². The van der Waals surface area contributed by atoms with Gasteiger partial charge in [0.25, 0.3) is 5.91 Å². The lowest BCUT2D eigenvalue weighted by Gasteiger charge is -2.15. The van der Waals surface area contributed by atoms with Gasteiger partial charge < -0.3 is 10.1 Å². The van der Waals surface area contributed by atoms with Gasteiger partial charge in [-0.1, -0.05) is 12.1 Å². The van der Waals surface area contributed by atoms with Crippen molar-refractivity contribution in [2.45, 2.75) is 46.6 Å². The molecule has 30 heavy (non-hydrogen) atoms. The van der Waals surface area contributed by atoms with E-state index in [1.807, 2.05) is 32.9 Å². The highest BCUT2D eigenvalue weighted by Gasteiger charge is 2.20. The van der Waals surface area contributed by atoms with Crippen molar-refractivity contribution in [3.8, 4) is 6.07 Å². The third kappa shape index (κ3) is 4.46. The van der Waals surface area contributed by atoms with E-state index < -0.39 is 18.0 Å². The number of rotatable bonds is 6. The van der Waals surface area contributed by atoms with Crippen LogP contribution in [-0.2, 0) is 20.7 Å². The monoisotopic (exact) mass is 405 g/mol. The number of nitrogens with zero attached hydrogens (tertiary/aromatic N) is 4. The molecule has 1 atom stereocenters. The molecule has 8 heteroatoms. The highest BCUT2D eigenvalue weighted by atomic mass is 16.5. The maximum absolute atomic E-state index is 12.3. The largest absolute Gasteiger partial charge is 0.453 e. The van der Waals surface area contributed by atoms with E-state index in [2.05, 4.69) is 15.4 Å². The fourth-order valence-electron chi connectivity index (χ4n) is 3.26. The maximum Gasteiger partial charge on any atom is 0.306 e. The molecule has 154 valence electrons. The second-order valence-electron chi connectivity index (χ2n) is 7.10. The summed E-state index contributed by atoms with van der Waals surface area (Å²) in [6, 6.07) is 10.6. The number of anilines is 1. The molecule has 0 bridgehead atoms. The van der Waals surface area contributed by atoms with Gasteiger partial charge in [0.1, 0.15) is 6.07 Å². The molecular formula is C22H23N5O3. The van der Waals surface area contributed by atoms with Crippen molar-refractivity contribution >= 4 is 23.2 Å². The molecule has 0 saturated heterocycles. The lowest BCUT2D eigenvalue weighted by Crippen LogP contribution is -2.30. The molecular weight excluding hydrogens is 382 g/mol. The summed E-state index contributed by atoms with van der Waals surface area (Å²) in [5, 5.41) is 16.2. The summed E-state index contributed by atoms with van der Waals surface area (Å²) in [5.41, 5.74) is 5.07. The van der Waals surface area contributed by atoms with Gasteiger partial charge in [-0.25, -0.2) is 9.50 Å². The lowest BCUT2D eigenvalue weighted by atomic mass is 10.1. The average Bonchev–Trinajstić information content (AvgIpc) is 3.08. The number of carbonyl (C=O) groups is 2. The smallest absolute Gasteiger partial charge is 0.306 e. The summed E-state index contributed by atoms with van der Waals surface area (Å²) in [6.07, 6.45) is -0.438. The van der Waals surface area contributed by atoms with Crippen LogP contribution in [0, 0.1) is 32.1 Å². The van der Waals surface area contributed by atoms with Crippen molar-refractivity contribution in [2.75, 3.05) is 5.32 Å². The third-order valence-electron chi connectivity index (χ3n) is 4.85. The van der Waals surface area contributed by atoms with Gasteiger partial charge in [-0.2, -0.15) is 10.4 Å². The molecule has 1 amide bonds. The number of ether oxygens (including phenoxy) is 1. The normalized spacial score (nSPS) is 11.7. The van der Waals surface area contributed by atoms with E-state index in [1.54, 1.807) is 28.8 Å². The van der Waals surface area contributed by atoms with Crippen LogP contribution in [0.1, 0.15) is 41.6 Å². The number of para-hydroxylation sites is 1. The molecule has 0 aliphatic rings. The van der Waals surface area contributed by atoms with E-state index >= 15 is 0 Å². The molecule has 8 nitrogen and oxygen atoms in total. The summed E-state index contributed by atoms with van der Waals surface area (Å²) in [4.78, 5) is 29.2. The van der Waals surface area contributed by atoms with Crippen molar-refractivity contribution in [1.82, 2.24) is 14.6 Å². The number of aryl methyl sites for hydroxylation is 3. The summed E-state index contributed by atoms with van der Waals surface area (Å²) < 4.78 is 7.04. The molecule has 2 heterocycles. The molecule has 3 rings (SSSR count). The SMILES string of the molecule is Cc1cc2nc(C)c(CCC(=O)O[C@@H](C)C(=O)Nc3ccccc3C#N)c(C)n2n1. The molecule has 1 aromatic carbocycles. The van der Waals surface area contributed by atoms with Crippen LogP contribution in [-0.4, -0.2) is 32.6 Å². The number of aromatic nitrogens is 3. The number of carbonyl (C=O) groups excluding carboxylic acids is 2. The molecule has 0 spiro atoms. The molecule has 0 unspecified atom stereocenters. The molecule has 0 radical (unpaired) electrons. The minimum absolute atomic E-state index is 0.113. The maximum atomic E-state index is 12.3. The summed E-state index contributed by atoms with van der Waals surface area (Å²) in [6.45, 7) is 7.25. The van der Waals surface area contributed by atoms with Crippen molar-refractivity contribution < 1.29 is 14.3 Å². The molecule has 1 N–H and O–H groups in total. The predicted molar refractivity (Wildman–Crippen MR) is 111 cm³/mol. The molecule has 0 fully saturated rings. The van der Waals surface area contributed by atoms with Crippen LogP contribution >= 0.6 is 0 Å². The van der Waals surface area contributed by atoms with Gasteiger partial charge in [0, 0.05) is 23.9 Å². The Morgan fingerprint density at radius 2 is 2.00 bits per heavy atom. The molecule has 0 saturated carbocycles. The number of nitrogens with one attached hydrogen (secondary N) is 1. The average molecular weight is 405 g/mol. The van der Waals surface area contributed by atoms with Crippen molar-refractivity contribution in [1.29, 1.82) is 5.26 Å². The Labute approximate surface area is 174 Å². The van der Waals surface area contributed by atoms with Gasteiger partial charge in [-0.3, -0.25) is 9.59 Å². The van der Waals surface area contributed by atoms with Crippen molar-refractivity contribution in [3.63, 3.8) is 0 Å². The topological polar surface area (TPSA) is 109 Å². The third-order valence-corrected chi connectivity index (χ3v) is 4.85. The van der Waals surface area contributed by atoms with Gasteiger partial charge in [-0.15, -0.1) is 0 Å². The highest BCUT2D eigenvalue weighted by Crippen LogP contribution is 2.18. The van der Waals surface area contributed by atoms with Crippen LogP contribution in [0.25, 0.3) is 5.65 Å². The first-order valence-electron chi connectivity index (χ1n) is 9.62. The summed E-state index contributed by atoms with van der Waals surface area (Å²) in [5.74, 6) is -0.977. The molecule has 0 aliphatic carbocycles. The van der Waals surface area contributed by atoms with E-state index in [-0.39, 0.29) is 6.42 Å². The van der Waals surface area contributed by atoms with E-state index in [1.165, 1.54) is 6.92 Å². The fraction of sp³-hybridized carbons (Fsp3) is 0.318. The number of benzene rings is 1. The second kappa shape index (κ2) is 8.74. The first kappa shape index (κ1) is 21.0. The predicted octanol–water partition coefficient (Wildman–Crippen LogP) is 3.03. The van der Waals surface area contributed by atoms with Gasteiger partial charge in [-0.05, 0) is 51.8 Å². The minimum Gasteiger partial charge on any atom is -0.453 e. The highest BCUT2D eigenvalue weighted by molar-refractivity contribution is 5.96. The van der Waals surface area contributed by atoms with E-state index in [9.17, 15) is 9.59 Å². The van der Waals surface area contributed by atoms with Crippen LogP contribution in [0.2, 0.25) is 0 Å². The first-order valence-corrected chi connectivity index (χ1v) is 9.62. The number of amides is 1. The van der Waals surface area contributed by atoms with Crippen LogP contribution < -0.4 is 5.32 Å². The number of hydrogen-bond donors (Lipinski definition) is 1. The zero-order valence-electron chi connectivity index (χ0n) is 17.4. The number of nitriles is 1. The molecule has 0 aliphatic heterocycles. The van der Waals surface area contributed by atoms with Crippen LogP contribution in [0.15, 0.2) is 30.3 Å². The Bertz CT molecular complexity index is 1160. The standard InChI is InChI=1S/C22H23N5O3/c1-13-11-20-24-14(2)18(15(3)27(20)26-13)9-10-21(28)30-16(4)22(29)25-19-8-6-5-7-17(19)12-23/h5-8,11,16H,9-10H2,1-4H3,(H,25,29)/t16-/m0/s1. The van der Waals surface area contributed by atoms with Gasteiger partial charge >= 0.3 is 5.97 Å². The van der Waals surface area contributed by atoms with E-state index in [4.69, 9.17) is 10.00 Å². The number of esters is 1. The van der Waals surface area contributed by atoms with Crippen LogP contribution in [0.3, 0.4) is 0 Å². The van der Waals surface area contributed by atoms with Gasteiger partial charge in [0.2, 0.25) is 0 Å². The van der Waals surface area contributed by atoms with E-state index in [0.717, 1.165) is 28.3 Å². The second-order valence-corrected chi connectivity index (χ2v) is 7.10. The fourth-order valence-corrected chi connectivity index (χ4v) is 3.26. The Balaban J connectivity index is 1.61. The zero-order valence-corrected chi connectivity index (χ0v) is 17.4. The zero-order chi connectivity index (χ0) is 21.8. The van der Waals surface area contributed by atoms with Crippen molar-refractivity contribution in [3.05, 3.63) is 58.5 Å². The Morgan fingerprint density at radius 3 is 2.73 bits per heavy atom. The summed E-state index contributed by atoms with van der Waals surface area (Å²) in [7, 11) is 0. The van der Waals surface area contributed by atoms with Crippen LogP contribution in [0.5, 0.6) is 0 Å². The van der Waals surface area contributed by atoms with Gasteiger partial charge in [0.05, 0.1) is 16.9 Å². The van der Waals surface area contributed by atoms with Gasteiger partial charge in [0.15, 0.2) is 11.8 Å². The summed E-state index contributed by atoms with van der Waals surface area (Å²) >= 11 is 0. The molecule has 2 aromatic heterocycles. The number of hydrogen-bond acceptors (Lipinski definition) is 6. The van der Waals surface area contributed by atoms with Crippen molar-refractivity contribution in [2.24, 2.45) is 0 Å². The number of fused-ring (bicyclic) bond motifs is 1. The first-order chi connectivity index (χ1) is 14.3. The Hall–Kier alpha value is -3.73. The van der Waals surface area contributed by atoms with E-state index in [0.29, 0.717) is 17.7 Å². The lowest BCUT2D eigenvalue weighted by molar-refractivity contribution is -0.153. The quantitative estimate of drug-likeness (QED) is 0.631. The minimum atomic E-state index is -0.985. The molecule has 3 aromatic rings. The Kier molecular flexibility index (Phi) is 6.11.